The van der Waals surface area contributed by atoms with Gasteiger partial charge in [0.15, 0.2) is 5.82 Å². The van der Waals surface area contributed by atoms with E-state index in [1.807, 2.05) is 22.9 Å². The van der Waals surface area contributed by atoms with Crippen molar-refractivity contribution in [1.82, 2.24) is 45.1 Å². The highest BCUT2D eigenvalue weighted by molar-refractivity contribution is 5.96. The molecule has 140 valence electrons. The third-order valence-corrected chi connectivity index (χ3v) is 4.79. The average molecular weight is 375 g/mol. The van der Waals surface area contributed by atoms with Crippen molar-refractivity contribution in [3.05, 3.63) is 71.4 Å². The summed E-state index contributed by atoms with van der Waals surface area (Å²) in [7, 11) is 0. The molecule has 1 amide bonds. The highest BCUT2D eigenvalue weighted by Crippen LogP contribution is 2.19. The maximum absolute atomic E-state index is 13.0. The third-order valence-electron chi connectivity index (χ3n) is 4.79. The molecule has 1 aromatic carbocycles. The van der Waals surface area contributed by atoms with E-state index in [0.717, 1.165) is 17.8 Å². The first-order valence-corrected chi connectivity index (χ1v) is 8.93. The minimum atomic E-state index is -0.115. The zero-order valence-corrected chi connectivity index (χ0v) is 14.9. The Balaban J connectivity index is 1.35. The summed E-state index contributed by atoms with van der Waals surface area (Å²) in [6.45, 7) is 1.74. The van der Waals surface area contributed by atoms with Crippen LogP contribution in [0.1, 0.15) is 27.3 Å². The van der Waals surface area contributed by atoms with E-state index in [-0.39, 0.29) is 5.91 Å². The Bertz CT molecular complexity index is 1100. The molecule has 0 unspecified atom stereocenters. The summed E-state index contributed by atoms with van der Waals surface area (Å²) < 4.78 is 3.38. The van der Waals surface area contributed by atoms with Crippen molar-refractivity contribution < 1.29 is 4.79 Å². The Morgan fingerprint density at radius 1 is 1.18 bits per heavy atom. The molecular formula is C18H17N9O. The van der Waals surface area contributed by atoms with E-state index >= 15 is 0 Å². The van der Waals surface area contributed by atoms with Gasteiger partial charge in [0.2, 0.25) is 0 Å². The smallest absolute Gasteiger partial charge is 0.259 e. The van der Waals surface area contributed by atoms with Crippen LogP contribution in [0.5, 0.6) is 0 Å². The van der Waals surface area contributed by atoms with Gasteiger partial charge in [-0.15, -0.1) is 5.10 Å². The van der Waals surface area contributed by atoms with Crippen molar-refractivity contribution in [1.29, 1.82) is 0 Å². The second kappa shape index (κ2) is 6.72. The Morgan fingerprint density at radius 3 is 2.89 bits per heavy atom. The molecule has 0 bridgehead atoms. The summed E-state index contributed by atoms with van der Waals surface area (Å²) in [5, 5.41) is 22.5. The van der Waals surface area contributed by atoms with Crippen molar-refractivity contribution in [2.45, 2.75) is 19.5 Å². The number of nitrogens with one attached hydrogen (secondary N) is 1. The number of carbonyl (C=O) groups is 1. The number of aromatic amines is 1. The average Bonchev–Trinajstić information content (AvgIpc) is 3.46. The molecule has 0 saturated carbocycles. The topological polar surface area (TPSA) is 110 Å². The molecule has 5 rings (SSSR count). The molecule has 0 fully saturated rings. The van der Waals surface area contributed by atoms with Crippen LogP contribution in [0.4, 0.5) is 0 Å². The molecule has 0 atom stereocenters. The van der Waals surface area contributed by atoms with E-state index in [1.54, 1.807) is 4.90 Å². The molecule has 10 heteroatoms. The number of rotatable bonds is 4. The lowest BCUT2D eigenvalue weighted by molar-refractivity contribution is 0.0706. The first-order chi connectivity index (χ1) is 13.8. The Hall–Kier alpha value is -3.82. The van der Waals surface area contributed by atoms with E-state index < -0.39 is 0 Å². The number of H-pyrrole nitrogens is 1. The van der Waals surface area contributed by atoms with Crippen LogP contribution in [0.15, 0.2) is 48.9 Å². The number of hydrogen-bond acceptors (Lipinski definition) is 6. The fraction of sp³-hybridized carbons (Fsp3) is 0.222. The van der Waals surface area contributed by atoms with Gasteiger partial charge < -0.3 is 4.90 Å². The zero-order valence-electron chi connectivity index (χ0n) is 14.9. The lowest BCUT2D eigenvalue weighted by Crippen LogP contribution is -2.38. The maximum Gasteiger partial charge on any atom is 0.259 e. The van der Waals surface area contributed by atoms with Gasteiger partial charge in [0.1, 0.15) is 11.9 Å². The second-order valence-electron chi connectivity index (χ2n) is 6.63. The van der Waals surface area contributed by atoms with Crippen LogP contribution in [-0.4, -0.2) is 57.5 Å². The standard InChI is InChI=1S/C18H17N9O/c28-18(16-10-19-21-17(16)27-12-20-23-24-27)25-6-7-26-15(11-25)9-14(22-26)8-13-4-2-1-3-5-13/h1-5,9-10,12H,6-8,11H2,(H,19,21). The number of carbonyl (C=O) groups excluding carboxylic acids is 1. The van der Waals surface area contributed by atoms with E-state index in [4.69, 9.17) is 5.10 Å². The molecule has 0 aliphatic carbocycles. The van der Waals surface area contributed by atoms with Gasteiger partial charge in [0.25, 0.3) is 5.91 Å². The van der Waals surface area contributed by atoms with E-state index in [2.05, 4.69) is 43.9 Å². The van der Waals surface area contributed by atoms with Gasteiger partial charge in [-0.05, 0) is 22.1 Å². The number of tetrazole rings is 1. The lowest BCUT2D eigenvalue weighted by atomic mass is 10.1. The quantitative estimate of drug-likeness (QED) is 0.566. The molecule has 0 saturated heterocycles. The molecule has 4 heterocycles. The predicted molar refractivity (Wildman–Crippen MR) is 97.5 cm³/mol. The van der Waals surface area contributed by atoms with E-state index in [9.17, 15) is 4.79 Å². The third kappa shape index (κ3) is 2.94. The van der Waals surface area contributed by atoms with Crippen molar-refractivity contribution in [3.63, 3.8) is 0 Å². The van der Waals surface area contributed by atoms with Gasteiger partial charge in [0.05, 0.1) is 30.7 Å². The van der Waals surface area contributed by atoms with Crippen molar-refractivity contribution in [3.8, 4) is 5.82 Å². The maximum atomic E-state index is 13.0. The highest BCUT2D eigenvalue weighted by Gasteiger charge is 2.26. The molecule has 4 aromatic rings. The number of nitrogens with zero attached hydrogens (tertiary/aromatic N) is 8. The van der Waals surface area contributed by atoms with Gasteiger partial charge >= 0.3 is 0 Å². The molecule has 1 aliphatic heterocycles. The second-order valence-corrected chi connectivity index (χ2v) is 6.63. The summed E-state index contributed by atoms with van der Waals surface area (Å²) in [6.07, 6.45) is 3.71. The minimum Gasteiger partial charge on any atom is -0.331 e. The van der Waals surface area contributed by atoms with Crippen LogP contribution in [0.25, 0.3) is 5.82 Å². The zero-order chi connectivity index (χ0) is 18.9. The van der Waals surface area contributed by atoms with E-state index in [1.165, 1.54) is 22.8 Å². The molecule has 3 aromatic heterocycles. The minimum absolute atomic E-state index is 0.115. The fourth-order valence-electron chi connectivity index (χ4n) is 3.44. The summed E-state index contributed by atoms with van der Waals surface area (Å²) in [5.74, 6) is 0.343. The lowest BCUT2D eigenvalue weighted by Gasteiger charge is -2.27. The first kappa shape index (κ1) is 16.4. The summed E-state index contributed by atoms with van der Waals surface area (Å²) >= 11 is 0. The fourth-order valence-corrected chi connectivity index (χ4v) is 3.44. The van der Waals surface area contributed by atoms with Gasteiger partial charge in [0, 0.05) is 13.0 Å². The molecule has 1 N–H and O–H groups in total. The van der Waals surface area contributed by atoms with Crippen LogP contribution >= 0.6 is 0 Å². The number of amides is 1. The predicted octanol–water partition coefficient (Wildman–Crippen LogP) is 0.829. The number of benzene rings is 1. The van der Waals surface area contributed by atoms with Crippen LogP contribution in [0.2, 0.25) is 0 Å². The van der Waals surface area contributed by atoms with Crippen LogP contribution in [-0.2, 0) is 19.5 Å². The van der Waals surface area contributed by atoms with Crippen molar-refractivity contribution in [2.75, 3.05) is 6.54 Å². The number of hydrogen-bond donors (Lipinski definition) is 1. The van der Waals surface area contributed by atoms with Crippen LogP contribution in [0, 0.1) is 0 Å². The number of aromatic nitrogens is 8. The Labute approximate surface area is 159 Å². The molecule has 10 nitrogen and oxygen atoms in total. The molecule has 1 aliphatic rings. The molecular weight excluding hydrogens is 358 g/mol. The molecule has 0 radical (unpaired) electrons. The van der Waals surface area contributed by atoms with Gasteiger partial charge in [-0.1, -0.05) is 30.3 Å². The highest BCUT2D eigenvalue weighted by atomic mass is 16.2. The Kier molecular flexibility index (Phi) is 3.93. The van der Waals surface area contributed by atoms with Crippen molar-refractivity contribution in [2.24, 2.45) is 0 Å². The van der Waals surface area contributed by atoms with Gasteiger partial charge in [-0.25, -0.2) is 0 Å². The molecule has 28 heavy (non-hydrogen) atoms. The SMILES string of the molecule is O=C(c1cn[nH]c1-n1cnnn1)N1CCn2nc(Cc3ccccc3)cc2C1. The van der Waals surface area contributed by atoms with Gasteiger partial charge in [-0.3, -0.25) is 14.6 Å². The normalized spacial score (nSPS) is 13.5. The summed E-state index contributed by atoms with van der Waals surface area (Å²) in [5.41, 5.74) is 3.69. The van der Waals surface area contributed by atoms with Crippen LogP contribution < -0.4 is 0 Å². The molecule has 0 spiro atoms. The largest absolute Gasteiger partial charge is 0.331 e. The summed E-state index contributed by atoms with van der Waals surface area (Å²) in [6, 6.07) is 12.3. The number of fused-ring (bicyclic) bond motifs is 1. The summed E-state index contributed by atoms with van der Waals surface area (Å²) in [4.78, 5) is 14.8. The first-order valence-electron chi connectivity index (χ1n) is 8.93. The monoisotopic (exact) mass is 375 g/mol. The Morgan fingerprint density at radius 2 is 2.07 bits per heavy atom. The van der Waals surface area contributed by atoms with Crippen LogP contribution in [0.3, 0.4) is 0 Å². The van der Waals surface area contributed by atoms with E-state index in [0.29, 0.717) is 31.0 Å². The van der Waals surface area contributed by atoms with Crippen molar-refractivity contribution >= 4 is 5.91 Å². The van der Waals surface area contributed by atoms with Gasteiger partial charge in [-0.2, -0.15) is 14.9 Å².